The highest BCUT2D eigenvalue weighted by molar-refractivity contribution is 7.89. The molecule has 0 bridgehead atoms. The molecule has 0 spiro atoms. The number of rotatable bonds is 3. The van der Waals surface area contributed by atoms with E-state index in [4.69, 9.17) is 17.3 Å². The molecular weight excluding hydrogens is 288 g/mol. The molecule has 0 amide bonds. The molecule has 2 rings (SSSR count). The topological polar surface area (TPSA) is 81.2 Å². The van der Waals surface area contributed by atoms with E-state index in [1.807, 2.05) is 6.92 Å². The van der Waals surface area contributed by atoms with Gasteiger partial charge in [0.1, 0.15) is 5.15 Å². The molecule has 2 N–H and O–H groups in total. The number of imidazole rings is 1. The Morgan fingerprint density at radius 2 is 2.26 bits per heavy atom. The van der Waals surface area contributed by atoms with Gasteiger partial charge in [0.15, 0.2) is 0 Å². The number of piperidine rings is 1. The smallest absolute Gasteiger partial charge is 0.263 e. The molecule has 2 atom stereocenters. The summed E-state index contributed by atoms with van der Waals surface area (Å²) < 4.78 is 28.2. The van der Waals surface area contributed by atoms with E-state index in [1.165, 1.54) is 15.2 Å². The van der Waals surface area contributed by atoms with Gasteiger partial charge in [0.05, 0.1) is 6.33 Å². The Morgan fingerprint density at radius 1 is 1.58 bits per heavy atom. The predicted molar refractivity (Wildman–Crippen MR) is 73.4 cm³/mol. The summed E-state index contributed by atoms with van der Waals surface area (Å²) in [5.74, 6) is 0.246. The van der Waals surface area contributed by atoms with E-state index >= 15 is 0 Å². The number of aromatic nitrogens is 2. The highest BCUT2D eigenvalue weighted by atomic mass is 35.5. The fraction of sp³-hybridized carbons (Fsp3) is 0.727. The summed E-state index contributed by atoms with van der Waals surface area (Å²) in [7, 11) is -2.02. The fourth-order valence-corrected chi connectivity index (χ4v) is 4.70. The fourth-order valence-electron chi connectivity index (χ4n) is 2.54. The van der Waals surface area contributed by atoms with Crippen molar-refractivity contribution in [3.05, 3.63) is 11.5 Å². The molecule has 0 aliphatic carbocycles. The number of aryl methyl sites for hydroxylation is 1. The number of halogens is 1. The summed E-state index contributed by atoms with van der Waals surface area (Å²) in [6.45, 7) is 2.81. The van der Waals surface area contributed by atoms with Crippen LogP contribution in [0.2, 0.25) is 5.15 Å². The Morgan fingerprint density at radius 3 is 2.79 bits per heavy atom. The molecule has 1 fully saturated rings. The lowest BCUT2D eigenvalue weighted by molar-refractivity contribution is 0.192. The summed E-state index contributed by atoms with van der Waals surface area (Å²) in [6.07, 6.45) is 3.23. The van der Waals surface area contributed by atoms with Gasteiger partial charge in [-0.3, -0.25) is 0 Å². The Bertz CT molecular complexity index is 557. The number of sulfonamides is 1. The zero-order chi connectivity index (χ0) is 14.2. The minimum Gasteiger partial charge on any atom is -0.329 e. The summed E-state index contributed by atoms with van der Waals surface area (Å²) >= 11 is 6.00. The monoisotopic (exact) mass is 306 g/mol. The van der Waals surface area contributed by atoms with E-state index in [2.05, 4.69) is 4.98 Å². The molecule has 1 aliphatic rings. The molecular formula is C11H19ClN4O2S. The molecule has 0 unspecified atom stereocenters. The lowest BCUT2D eigenvalue weighted by atomic mass is 9.93. The van der Waals surface area contributed by atoms with Crippen LogP contribution in [0.25, 0.3) is 0 Å². The third-order valence-electron chi connectivity index (χ3n) is 3.69. The average Bonchev–Trinajstić information content (AvgIpc) is 2.70. The first-order valence-corrected chi connectivity index (χ1v) is 8.10. The molecule has 19 heavy (non-hydrogen) atoms. The summed E-state index contributed by atoms with van der Waals surface area (Å²) in [5, 5.41) is 0.0539. The van der Waals surface area contributed by atoms with Crippen molar-refractivity contribution in [1.29, 1.82) is 0 Å². The number of hydrogen-bond acceptors (Lipinski definition) is 4. The molecule has 6 nitrogen and oxygen atoms in total. The van der Waals surface area contributed by atoms with Gasteiger partial charge in [-0.05, 0) is 18.8 Å². The van der Waals surface area contributed by atoms with Gasteiger partial charge < -0.3 is 10.3 Å². The molecule has 108 valence electrons. The van der Waals surface area contributed by atoms with Crippen LogP contribution in [0.3, 0.4) is 0 Å². The van der Waals surface area contributed by atoms with Crippen LogP contribution >= 0.6 is 11.6 Å². The predicted octanol–water partition coefficient (Wildman–Crippen LogP) is 0.821. The molecule has 8 heteroatoms. The van der Waals surface area contributed by atoms with Gasteiger partial charge in [0.25, 0.3) is 10.0 Å². The maximum Gasteiger partial charge on any atom is 0.263 e. The van der Waals surface area contributed by atoms with Crippen molar-refractivity contribution in [1.82, 2.24) is 13.9 Å². The first-order chi connectivity index (χ1) is 8.89. The number of nitrogens with zero attached hydrogens (tertiary/aromatic N) is 3. The van der Waals surface area contributed by atoms with Crippen molar-refractivity contribution in [3.8, 4) is 0 Å². The largest absolute Gasteiger partial charge is 0.329 e. The zero-order valence-electron chi connectivity index (χ0n) is 11.1. The molecule has 1 aromatic heterocycles. The summed E-state index contributed by atoms with van der Waals surface area (Å²) in [6, 6.07) is -0.183. The Kier molecular flexibility index (Phi) is 4.20. The molecule has 1 aromatic rings. The van der Waals surface area contributed by atoms with Crippen molar-refractivity contribution in [3.63, 3.8) is 0 Å². The molecule has 0 aromatic carbocycles. The van der Waals surface area contributed by atoms with Crippen molar-refractivity contribution in [2.75, 3.05) is 13.1 Å². The second kappa shape index (κ2) is 5.40. The van der Waals surface area contributed by atoms with Gasteiger partial charge in [-0.15, -0.1) is 0 Å². The lowest BCUT2D eigenvalue weighted by Gasteiger charge is -2.37. The van der Waals surface area contributed by atoms with Crippen LogP contribution in [0.5, 0.6) is 0 Å². The Hall–Kier alpha value is -0.630. The minimum atomic E-state index is -3.68. The van der Waals surface area contributed by atoms with Gasteiger partial charge in [-0.2, -0.15) is 4.31 Å². The van der Waals surface area contributed by atoms with Crippen LogP contribution in [-0.4, -0.2) is 41.4 Å². The Balaban J connectivity index is 2.41. The van der Waals surface area contributed by atoms with Crippen LogP contribution in [0.15, 0.2) is 11.4 Å². The van der Waals surface area contributed by atoms with E-state index in [0.29, 0.717) is 13.1 Å². The standard InChI is InChI=1S/C11H19ClN4O2S/c1-8-4-3-5-16(9(8)6-13)19(17,18)11-10(12)15(2)7-14-11/h7-9H,3-6,13H2,1-2H3/t8-,9+/m1/s1. The van der Waals surface area contributed by atoms with Crippen LogP contribution in [0.4, 0.5) is 0 Å². The second-order valence-electron chi connectivity index (χ2n) is 4.99. The lowest BCUT2D eigenvalue weighted by Crippen LogP contribution is -2.51. The molecule has 0 saturated carbocycles. The van der Waals surface area contributed by atoms with E-state index in [-0.39, 0.29) is 22.1 Å². The van der Waals surface area contributed by atoms with E-state index in [9.17, 15) is 8.42 Å². The number of hydrogen-bond donors (Lipinski definition) is 1. The number of nitrogens with two attached hydrogens (primary N) is 1. The third-order valence-corrected chi connectivity index (χ3v) is 6.11. The van der Waals surface area contributed by atoms with E-state index in [1.54, 1.807) is 7.05 Å². The molecule has 1 aliphatic heterocycles. The maximum absolute atomic E-state index is 12.6. The summed E-state index contributed by atoms with van der Waals surface area (Å²) in [4.78, 5) is 3.92. The van der Waals surface area contributed by atoms with E-state index in [0.717, 1.165) is 12.8 Å². The SMILES string of the molecule is C[C@@H]1CCCN(S(=O)(=O)c2ncn(C)c2Cl)[C@H]1CN. The van der Waals surface area contributed by atoms with Crippen molar-refractivity contribution < 1.29 is 8.42 Å². The average molecular weight is 307 g/mol. The van der Waals surface area contributed by atoms with Crippen molar-refractivity contribution in [2.24, 2.45) is 18.7 Å². The molecule has 0 radical (unpaired) electrons. The highest BCUT2D eigenvalue weighted by Crippen LogP contribution is 2.30. The third kappa shape index (κ3) is 2.52. The van der Waals surface area contributed by atoms with Crippen LogP contribution < -0.4 is 5.73 Å². The highest BCUT2D eigenvalue weighted by Gasteiger charge is 2.38. The first-order valence-electron chi connectivity index (χ1n) is 6.28. The molecule has 2 heterocycles. The van der Waals surface area contributed by atoms with Crippen LogP contribution in [0.1, 0.15) is 19.8 Å². The second-order valence-corrected chi connectivity index (χ2v) is 7.15. The summed E-state index contributed by atoms with van der Waals surface area (Å²) in [5.41, 5.74) is 5.74. The zero-order valence-corrected chi connectivity index (χ0v) is 12.7. The van der Waals surface area contributed by atoms with Crippen molar-refractivity contribution in [2.45, 2.75) is 30.8 Å². The van der Waals surface area contributed by atoms with Gasteiger partial charge in [-0.1, -0.05) is 18.5 Å². The van der Waals surface area contributed by atoms with Crippen LogP contribution in [0, 0.1) is 5.92 Å². The van der Waals surface area contributed by atoms with Gasteiger partial charge in [0, 0.05) is 26.2 Å². The maximum atomic E-state index is 12.6. The first kappa shape index (κ1) is 14.8. The molecule has 1 saturated heterocycles. The van der Waals surface area contributed by atoms with Gasteiger partial charge in [0.2, 0.25) is 5.03 Å². The van der Waals surface area contributed by atoms with Gasteiger partial charge in [-0.25, -0.2) is 13.4 Å². The van der Waals surface area contributed by atoms with Crippen LogP contribution in [-0.2, 0) is 17.1 Å². The minimum absolute atomic E-state index is 0.0794. The van der Waals surface area contributed by atoms with Crippen molar-refractivity contribution >= 4 is 21.6 Å². The normalized spacial score (nSPS) is 25.7. The quantitative estimate of drug-likeness (QED) is 0.896. The van der Waals surface area contributed by atoms with E-state index < -0.39 is 10.0 Å². The Labute approximate surface area is 118 Å². The van der Waals surface area contributed by atoms with Gasteiger partial charge >= 0.3 is 0 Å².